The van der Waals surface area contributed by atoms with Gasteiger partial charge < -0.3 is 5.32 Å². The SMILES string of the molecule is Fc1cccc(Nc2ccc3ncccc3c2)c1. The van der Waals surface area contributed by atoms with Gasteiger partial charge in [0, 0.05) is 23.0 Å². The molecule has 0 radical (unpaired) electrons. The van der Waals surface area contributed by atoms with Gasteiger partial charge in [0.25, 0.3) is 0 Å². The van der Waals surface area contributed by atoms with Crippen LogP contribution in [0.15, 0.2) is 60.8 Å². The van der Waals surface area contributed by atoms with E-state index in [1.54, 1.807) is 12.3 Å². The number of pyridine rings is 1. The standard InChI is InChI=1S/C15H11FN2/c16-12-4-1-5-13(10-12)18-14-6-7-15-11(9-14)3-2-8-17-15/h1-10,18H. The second-order valence-corrected chi connectivity index (χ2v) is 4.05. The number of rotatable bonds is 2. The van der Waals surface area contributed by atoms with Crippen LogP contribution in [0, 0.1) is 5.82 Å². The summed E-state index contributed by atoms with van der Waals surface area (Å²) in [4.78, 5) is 4.26. The molecule has 0 aliphatic carbocycles. The Morgan fingerprint density at radius 2 is 1.78 bits per heavy atom. The quantitative estimate of drug-likeness (QED) is 0.726. The Kier molecular flexibility index (Phi) is 2.65. The van der Waals surface area contributed by atoms with E-state index < -0.39 is 0 Å². The number of hydrogen-bond donors (Lipinski definition) is 1. The maximum atomic E-state index is 13.1. The molecule has 88 valence electrons. The van der Waals surface area contributed by atoms with Gasteiger partial charge in [0.15, 0.2) is 0 Å². The van der Waals surface area contributed by atoms with Crippen LogP contribution in [0.4, 0.5) is 15.8 Å². The Morgan fingerprint density at radius 1 is 0.889 bits per heavy atom. The lowest BCUT2D eigenvalue weighted by atomic mass is 10.2. The summed E-state index contributed by atoms with van der Waals surface area (Å²) in [7, 11) is 0. The fourth-order valence-electron chi connectivity index (χ4n) is 1.89. The number of hydrogen-bond acceptors (Lipinski definition) is 2. The van der Waals surface area contributed by atoms with Crippen molar-refractivity contribution in [2.24, 2.45) is 0 Å². The number of nitrogens with one attached hydrogen (secondary N) is 1. The van der Waals surface area contributed by atoms with Gasteiger partial charge in [-0.15, -0.1) is 0 Å². The smallest absolute Gasteiger partial charge is 0.125 e. The summed E-state index contributed by atoms with van der Waals surface area (Å²) < 4.78 is 13.1. The maximum absolute atomic E-state index is 13.1. The van der Waals surface area contributed by atoms with E-state index in [9.17, 15) is 4.39 Å². The lowest BCUT2D eigenvalue weighted by molar-refractivity contribution is 0.628. The molecule has 18 heavy (non-hydrogen) atoms. The first kappa shape index (κ1) is 10.7. The lowest BCUT2D eigenvalue weighted by Gasteiger charge is -2.07. The van der Waals surface area contributed by atoms with Gasteiger partial charge in [-0.2, -0.15) is 0 Å². The zero-order valence-electron chi connectivity index (χ0n) is 9.60. The summed E-state index contributed by atoms with van der Waals surface area (Å²) in [5.41, 5.74) is 2.60. The topological polar surface area (TPSA) is 24.9 Å². The highest BCUT2D eigenvalue weighted by Crippen LogP contribution is 2.21. The monoisotopic (exact) mass is 238 g/mol. The highest BCUT2D eigenvalue weighted by molar-refractivity contribution is 5.83. The fourth-order valence-corrected chi connectivity index (χ4v) is 1.89. The summed E-state index contributed by atoms with van der Waals surface area (Å²) >= 11 is 0. The molecule has 1 heterocycles. The Bertz CT molecular complexity index is 695. The molecule has 0 spiro atoms. The van der Waals surface area contributed by atoms with Crippen LogP contribution in [0.25, 0.3) is 10.9 Å². The van der Waals surface area contributed by atoms with Crippen LogP contribution in [0.1, 0.15) is 0 Å². The number of aromatic nitrogens is 1. The molecule has 3 heteroatoms. The van der Waals surface area contributed by atoms with E-state index in [-0.39, 0.29) is 5.82 Å². The molecular formula is C15H11FN2. The average molecular weight is 238 g/mol. The van der Waals surface area contributed by atoms with Crippen LogP contribution < -0.4 is 5.32 Å². The van der Waals surface area contributed by atoms with Gasteiger partial charge in [0.2, 0.25) is 0 Å². The van der Waals surface area contributed by atoms with Crippen molar-refractivity contribution in [3.05, 3.63) is 66.6 Å². The van der Waals surface area contributed by atoms with Gasteiger partial charge in [-0.05, 0) is 42.5 Å². The molecule has 0 atom stereocenters. The second-order valence-electron chi connectivity index (χ2n) is 4.05. The molecule has 0 unspecified atom stereocenters. The molecule has 0 fully saturated rings. The molecule has 0 bridgehead atoms. The van der Waals surface area contributed by atoms with Crippen molar-refractivity contribution in [2.45, 2.75) is 0 Å². The minimum atomic E-state index is -0.248. The first-order chi connectivity index (χ1) is 8.81. The Morgan fingerprint density at radius 3 is 2.67 bits per heavy atom. The van der Waals surface area contributed by atoms with E-state index >= 15 is 0 Å². The summed E-state index contributed by atoms with van der Waals surface area (Å²) in [6.07, 6.45) is 1.77. The van der Waals surface area contributed by atoms with Gasteiger partial charge in [0.05, 0.1) is 5.52 Å². The van der Waals surface area contributed by atoms with Crippen LogP contribution in [-0.2, 0) is 0 Å². The van der Waals surface area contributed by atoms with E-state index in [0.29, 0.717) is 0 Å². The van der Waals surface area contributed by atoms with Crippen molar-refractivity contribution < 1.29 is 4.39 Å². The third-order valence-corrected chi connectivity index (χ3v) is 2.72. The Hall–Kier alpha value is -2.42. The van der Waals surface area contributed by atoms with Crippen molar-refractivity contribution in [1.82, 2.24) is 4.98 Å². The van der Waals surface area contributed by atoms with E-state index in [2.05, 4.69) is 10.3 Å². The number of benzene rings is 2. The molecular weight excluding hydrogens is 227 g/mol. The van der Waals surface area contributed by atoms with Gasteiger partial charge in [-0.3, -0.25) is 4.98 Å². The molecule has 0 aliphatic heterocycles. The van der Waals surface area contributed by atoms with E-state index in [1.165, 1.54) is 12.1 Å². The summed E-state index contributed by atoms with van der Waals surface area (Å²) in [5.74, 6) is -0.248. The first-order valence-corrected chi connectivity index (χ1v) is 5.69. The van der Waals surface area contributed by atoms with Gasteiger partial charge in [0.1, 0.15) is 5.82 Å². The predicted molar refractivity (Wildman–Crippen MR) is 71.4 cm³/mol. The van der Waals surface area contributed by atoms with Gasteiger partial charge in [-0.25, -0.2) is 4.39 Å². The molecule has 1 N–H and O–H groups in total. The van der Waals surface area contributed by atoms with Crippen molar-refractivity contribution >= 4 is 22.3 Å². The summed E-state index contributed by atoms with van der Waals surface area (Å²) in [5, 5.41) is 4.22. The van der Waals surface area contributed by atoms with Crippen molar-refractivity contribution in [3.8, 4) is 0 Å². The molecule has 0 saturated heterocycles. The molecule has 3 aromatic rings. The molecule has 2 aromatic carbocycles. The number of nitrogens with zero attached hydrogens (tertiary/aromatic N) is 1. The van der Waals surface area contributed by atoms with Crippen molar-refractivity contribution in [1.29, 1.82) is 0 Å². The highest BCUT2D eigenvalue weighted by Gasteiger charge is 1.98. The molecule has 0 amide bonds. The van der Waals surface area contributed by atoms with E-state index in [4.69, 9.17) is 0 Å². The van der Waals surface area contributed by atoms with Crippen LogP contribution in [0.5, 0.6) is 0 Å². The number of fused-ring (bicyclic) bond motifs is 1. The molecule has 2 nitrogen and oxygen atoms in total. The maximum Gasteiger partial charge on any atom is 0.125 e. The van der Waals surface area contributed by atoms with Crippen LogP contribution in [0.3, 0.4) is 0 Å². The van der Waals surface area contributed by atoms with Crippen molar-refractivity contribution in [2.75, 3.05) is 5.32 Å². The third kappa shape index (κ3) is 2.15. The van der Waals surface area contributed by atoms with E-state index in [1.807, 2.05) is 36.4 Å². The van der Waals surface area contributed by atoms with E-state index in [0.717, 1.165) is 22.3 Å². The normalized spacial score (nSPS) is 10.5. The molecule has 0 saturated carbocycles. The second kappa shape index (κ2) is 4.45. The molecule has 1 aromatic heterocycles. The summed E-state index contributed by atoms with van der Waals surface area (Å²) in [6, 6.07) is 16.2. The average Bonchev–Trinajstić information content (AvgIpc) is 2.39. The molecule has 3 rings (SSSR count). The summed E-state index contributed by atoms with van der Waals surface area (Å²) in [6.45, 7) is 0. The third-order valence-electron chi connectivity index (χ3n) is 2.72. The lowest BCUT2D eigenvalue weighted by Crippen LogP contribution is -1.91. The predicted octanol–water partition coefficient (Wildman–Crippen LogP) is 4.12. The van der Waals surface area contributed by atoms with Crippen molar-refractivity contribution in [3.63, 3.8) is 0 Å². The zero-order chi connectivity index (χ0) is 12.4. The fraction of sp³-hybridized carbons (Fsp3) is 0. The van der Waals surface area contributed by atoms with Crippen LogP contribution in [0.2, 0.25) is 0 Å². The highest BCUT2D eigenvalue weighted by atomic mass is 19.1. The van der Waals surface area contributed by atoms with Gasteiger partial charge >= 0.3 is 0 Å². The van der Waals surface area contributed by atoms with Crippen LogP contribution in [-0.4, -0.2) is 4.98 Å². The zero-order valence-corrected chi connectivity index (χ0v) is 9.60. The minimum absolute atomic E-state index is 0.248. The van der Waals surface area contributed by atoms with Gasteiger partial charge in [-0.1, -0.05) is 12.1 Å². The Labute approximate surface area is 104 Å². The first-order valence-electron chi connectivity index (χ1n) is 5.69. The largest absolute Gasteiger partial charge is 0.355 e. The number of halogens is 1. The number of anilines is 2. The Balaban J connectivity index is 1.95. The minimum Gasteiger partial charge on any atom is -0.355 e. The van der Waals surface area contributed by atoms with Crippen LogP contribution >= 0.6 is 0 Å². The molecule has 0 aliphatic rings.